The first-order valence-corrected chi connectivity index (χ1v) is 7.97. The number of rotatable bonds is 8. The lowest BCUT2D eigenvalue weighted by molar-refractivity contribution is -0.123. The average Bonchev–Trinajstić information content (AvgIpc) is 2.66. The smallest absolute Gasteiger partial charge is 0.257 e. The number of benzene rings is 2. The summed E-state index contributed by atoms with van der Waals surface area (Å²) < 4.78 is 10.5. The first-order valence-electron chi connectivity index (χ1n) is 7.97. The first-order chi connectivity index (χ1) is 12.1. The molecule has 0 aliphatic carbocycles. The van der Waals surface area contributed by atoms with Gasteiger partial charge in [-0.15, -0.1) is 0 Å². The highest BCUT2D eigenvalue weighted by Gasteiger charge is 2.06. The SMILES string of the molecule is CNC(=O)c1cccc(OCC(=O)NCCc2ccc(OC)cc2)c1. The molecule has 0 radical (unpaired) electrons. The number of hydrogen-bond donors (Lipinski definition) is 2. The third kappa shape index (κ3) is 5.84. The molecule has 0 spiro atoms. The highest BCUT2D eigenvalue weighted by molar-refractivity contribution is 5.94. The second-order valence-corrected chi connectivity index (χ2v) is 5.34. The van der Waals surface area contributed by atoms with Crippen molar-refractivity contribution in [1.29, 1.82) is 0 Å². The van der Waals surface area contributed by atoms with Crippen LogP contribution in [0.1, 0.15) is 15.9 Å². The van der Waals surface area contributed by atoms with E-state index in [1.165, 1.54) is 0 Å². The Morgan fingerprint density at radius 2 is 1.80 bits per heavy atom. The normalized spacial score (nSPS) is 10.0. The molecule has 2 aromatic rings. The zero-order valence-electron chi connectivity index (χ0n) is 14.4. The van der Waals surface area contributed by atoms with Crippen molar-refractivity contribution in [2.24, 2.45) is 0 Å². The molecule has 2 aromatic carbocycles. The summed E-state index contributed by atoms with van der Waals surface area (Å²) in [6.45, 7) is 0.423. The molecule has 0 heterocycles. The van der Waals surface area contributed by atoms with E-state index in [1.807, 2.05) is 24.3 Å². The van der Waals surface area contributed by atoms with Crippen LogP contribution < -0.4 is 20.1 Å². The molecule has 0 aliphatic heterocycles. The average molecular weight is 342 g/mol. The van der Waals surface area contributed by atoms with E-state index in [-0.39, 0.29) is 18.4 Å². The van der Waals surface area contributed by atoms with Gasteiger partial charge < -0.3 is 20.1 Å². The lowest BCUT2D eigenvalue weighted by Crippen LogP contribution is -2.30. The highest BCUT2D eigenvalue weighted by Crippen LogP contribution is 2.13. The van der Waals surface area contributed by atoms with Crippen molar-refractivity contribution in [1.82, 2.24) is 10.6 Å². The van der Waals surface area contributed by atoms with Gasteiger partial charge >= 0.3 is 0 Å². The van der Waals surface area contributed by atoms with Crippen LogP contribution in [0.2, 0.25) is 0 Å². The predicted molar refractivity (Wildman–Crippen MR) is 95.0 cm³/mol. The van der Waals surface area contributed by atoms with E-state index in [1.54, 1.807) is 38.4 Å². The van der Waals surface area contributed by atoms with Crippen molar-refractivity contribution < 1.29 is 19.1 Å². The van der Waals surface area contributed by atoms with Crippen molar-refractivity contribution >= 4 is 11.8 Å². The third-order valence-electron chi connectivity index (χ3n) is 3.59. The van der Waals surface area contributed by atoms with E-state index < -0.39 is 0 Å². The van der Waals surface area contributed by atoms with Gasteiger partial charge in [0.25, 0.3) is 11.8 Å². The van der Waals surface area contributed by atoms with Crippen LogP contribution in [0.5, 0.6) is 11.5 Å². The maximum atomic E-state index is 11.8. The minimum absolute atomic E-state index is 0.0974. The predicted octanol–water partition coefficient (Wildman–Crippen LogP) is 1.79. The van der Waals surface area contributed by atoms with Crippen LogP contribution >= 0.6 is 0 Å². The Hall–Kier alpha value is -3.02. The molecule has 0 aliphatic rings. The van der Waals surface area contributed by atoms with E-state index in [9.17, 15) is 9.59 Å². The van der Waals surface area contributed by atoms with Gasteiger partial charge in [0.1, 0.15) is 11.5 Å². The zero-order chi connectivity index (χ0) is 18.1. The van der Waals surface area contributed by atoms with E-state index in [0.717, 1.165) is 17.7 Å². The number of carbonyl (C=O) groups is 2. The van der Waals surface area contributed by atoms with Crippen molar-refractivity contribution in [3.05, 3.63) is 59.7 Å². The lowest BCUT2D eigenvalue weighted by Gasteiger charge is -2.09. The minimum atomic E-state index is -0.209. The standard InChI is InChI=1S/C19H22N2O4/c1-20-19(23)15-4-3-5-17(12-15)25-13-18(22)21-11-10-14-6-8-16(24-2)9-7-14/h3-9,12H,10-11,13H2,1-2H3,(H,20,23)(H,21,22). The molecule has 2 rings (SSSR count). The van der Waals surface area contributed by atoms with Crippen molar-refractivity contribution in [2.75, 3.05) is 27.3 Å². The summed E-state index contributed by atoms with van der Waals surface area (Å²) in [5.74, 6) is 0.875. The molecule has 6 heteroatoms. The topological polar surface area (TPSA) is 76.7 Å². The largest absolute Gasteiger partial charge is 0.497 e. The van der Waals surface area contributed by atoms with Crippen LogP contribution in [0.15, 0.2) is 48.5 Å². The molecule has 0 aromatic heterocycles. The fourth-order valence-electron chi connectivity index (χ4n) is 2.21. The lowest BCUT2D eigenvalue weighted by atomic mass is 10.1. The van der Waals surface area contributed by atoms with E-state index in [4.69, 9.17) is 9.47 Å². The maximum absolute atomic E-state index is 11.8. The Morgan fingerprint density at radius 1 is 1.04 bits per heavy atom. The van der Waals surface area contributed by atoms with Gasteiger partial charge in [-0.2, -0.15) is 0 Å². The Bertz CT molecular complexity index is 714. The summed E-state index contributed by atoms with van der Waals surface area (Å²) in [7, 11) is 3.19. The molecule has 0 saturated heterocycles. The van der Waals surface area contributed by atoms with E-state index in [0.29, 0.717) is 17.9 Å². The molecule has 6 nitrogen and oxygen atoms in total. The summed E-state index contributed by atoms with van der Waals surface area (Å²) >= 11 is 0. The Balaban J connectivity index is 1.74. The van der Waals surface area contributed by atoms with Gasteiger partial charge in [0.15, 0.2) is 6.61 Å². The molecule has 2 N–H and O–H groups in total. The fourth-order valence-corrected chi connectivity index (χ4v) is 2.21. The van der Waals surface area contributed by atoms with Gasteiger partial charge in [0.2, 0.25) is 0 Å². The van der Waals surface area contributed by atoms with Gasteiger partial charge in [0.05, 0.1) is 7.11 Å². The summed E-state index contributed by atoms with van der Waals surface area (Å²) in [5, 5.41) is 5.35. The second-order valence-electron chi connectivity index (χ2n) is 5.34. The van der Waals surface area contributed by atoms with Crippen LogP contribution in [-0.2, 0) is 11.2 Å². The third-order valence-corrected chi connectivity index (χ3v) is 3.59. The molecule has 2 amide bonds. The van der Waals surface area contributed by atoms with Gasteiger partial charge in [-0.05, 0) is 42.3 Å². The molecule has 0 bridgehead atoms. The van der Waals surface area contributed by atoms with Gasteiger partial charge in [-0.3, -0.25) is 9.59 Å². The summed E-state index contributed by atoms with van der Waals surface area (Å²) in [5.41, 5.74) is 1.60. The van der Waals surface area contributed by atoms with Crippen molar-refractivity contribution in [3.63, 3.8) is 0 Å². The number of amides is 2. The number of ether oxygens (including phenoxy) is 2. The van der Waals surface area contributed by atoms with E-state index >= 15 is 0 Å². The summed E-state index contributed by atoms with van der Waals surface area (Å²) in [4.78, 5) is 23.4. The molecule has 0 saturated carbocycles. The Labute approximate surface area is 147 Å². The van der Waals surface area contributed by atoms with Crippen LogP contribution in [0.4, 0.5) is 0 Å². The highest BCUT2D eigenvalue weighted by atomic mass is 16.5. The minimum Gasteiger partial charge on any atom is -0.497 e. The van der Waals surface area contributed by atoms with Crippen LogP contribution in [0, 0.1) is 0 Å². The number of hydrogen-bond acceptors (Lipinski definition) is 4. The van der Waals surface area contributed by atoms with Gasteiger partial charge in [-0.1, -0.05) is 18.2 Å². The fraction of sp³-hybridized carbons (Fsp3) is 0.263. The summed E-state index contributed by atoms with van der Waals surface area (Å²) in [6, 6.07) is 14.4. The number of nitrogens with one attached hydrogen (secondary N) is 2. The zero-order valence-corrected chi connectivity index (χ0v) is 14.4. The Morgan fingerprint density at radius 3 is 2.48 bits per heavy atom. The Kier molecular flexibility index (Phi) is 6.83. The first kappa shape index (κ1) is 18.3. The molecule has 0 unspecified atom stereocenters. The van der Waals surface area contributed by atoms with Crippen LogP contribution in [0.3, 0.4) is 0 Å². The maximum Gasteiger partial charge on any atom is 0.257 e. The number of methoxy groups -OCH3 is 1. The van der Waals surface area contributed by atoms with Crippen LogP contribution in [-0.4, -0.2) is 39.1 Å². The number of carbonyl (C=O) groups excluding carboxylic acids is 2. The molecular weight excluding hydrogens is 320 g/mol. The molecule has 0 atom stereocenters. The quantitative estimate of drug-likeness (QED) is 0.767. The molecule has 0 fully saturated rings. The molecule has 132 valence electrons. The monoisotopic (exact) mass is 342 g/mol. The molecular formula is C19H22N2O4. The second kappa shape index (κ2) is 9.32. The van der Waals surface area contributed by atoms with E-state index in [2.05, 4.69) is 10.6 Å². The van der Waals surface area contributed by atoms with Crippen molar-refractivity contribution in [3.8, 4) is 11.5 Å². The summed E-state index contributed by atoms with van der Waals surface area (Å²) in [6.07, 6.45) is 0.724. The molecule has 25 heavy (non-hydrogen) atoms. The van der Waals surface area contributed by atoms with Crippen molar-refractivity contribution in [2.45, 2.75) is 6.42 Å². The van der Waals surface area contributed by atoms with Crippen LogP contribution in [0.25, 0.3) is 0 Å². The van der Waals surface area contributed by atoms with Gasteiger partial charge in [0, 0.05) is 19.2 Å². The van der Waals surface area contributed by atoms with Gasteiger partial charge in [-0.25, -0.2) is 0 Å².